The Morgan fingerprint density at radius 1 is 1.09 bits per heavy atom. The lowest BCUT2D eigenvalue weighted by molar-refractivity contribution is -0.132. The smallest absolute Gasteiger partial charge is 0.253 e. The predicted octanol–water partition coefficient (Wildman–Crippen LogP) is 3.39. The first-order valence-corrected chi connectivity index (χ1v) is 10.8. The highest BCUT2D eigenvalue weighted by Gasteiger charge is 2.44. The zero-order valence-corrected chi connectivity index (χ0v) is 18.0. The number of hydrogen-bond donors (Lipinski definition) is 1. The molecule has 2 aliphatic rings. The van der Waals surface area contributed by atoms with Gasteiger partial charge in [0.15, 0.2) is 11.6 Å². The maximum absolute atomic E-state index is 13.9. The van der Waals surface area contributed by atoms with Crippen LogP contribution >= 0.6 is 11.6 Å². The van der Waals surface area contributed by atoms with E-state index >= 15 is 0 Å². The van der Waals surface area contributed by atoms with E-state index < -0.39 is 23.5 Å². The molecule has 0 aliphatic carbocycles. The number of carbonyl (C=O) groups is 2. The van der Waals surface area contributed by atoms with Crippen LogP contribution in [0.25, 0.3) is 0 Å². The fourth-order valence-corrected chi connectivity index (χ4v) is 4.85. The molecule has 2 amide bonds. The normalized spacial score (nSPS) is 21.0. The van der Waals surface area contributed by atoms with E-state index in [0.29, 0.717) is 36.3 Å². The topological polar surface area (TPSA) is 66.6 Å². The Kier molecular flexibility index (Phi) is 6.44. The van der Waals surface area contributed by atoms with Crippen LogP contribution in [-0.4, -0.2) is 53.3 Å². The van der Waals surface area contributed by atoms with Crippen LogP contribution in [-0.2, 0) is 11.2 Å². The number of fused-ring (bicyclic) bond motifs is 1. The summed E-state index contributed by atoms with van der Waals surface area (Å²) >= 11 is 5.99. The molecule has 0 radical (unpaired) electrons. The Morgan fingerprint density at radius 2 is 1.84 bits per heavy atom. The number of amides is 2. The highest BCUT2D eigenvalue weighted by Crippen LogP contribution is 2.33. The van der Waals surface area contributed by atoms with Gasteiger partial charge in [-0.2, -0.15) is 0 Å². The highest BCUT2D eigenvalue weighted by molar-refractivity contribution is 6.30. The monoisotopic (exact) mass is 465 g/mol. The van der Waals surface area contributed by atoms with Gasteiger partial charge in [0.2, 0.25) is 5.91 Å². The number of benzene rings is 2. The summed E-state index contributed by atoms with van der Waals surface area (Å²) in [4.78, 5) is 29.2. The van der Waals surface area contributed by atoms with Crippen LogP contribution in [0.4, 0.5) is 13.2 Å². The molecule has 1 unspecified atom stereocenters. The first-order chi connectivity index (χ1) is 15.2. The standard InChI is InChI=1S/C23H23ClF3N3O2/c24-16-3-1-2-13(6-16)23(32)29-11-14-4-5-30(21(14)12-29)22(31)9-17(28)7-15-8-19(26)20(27)10-18(15)25/h1-3,6,8,10,14,17,21H,4-5,7,9,11-12,28H2/t14-,17?,21+/m0/s1. The molecule has 2 N–H and O–H groups in total. The summed E-state index contributed by atoms with van der Waals surface area (Å²) in [6.45, 7) is 1.56. The number of rotatable bonds is 5. The number of carbonyl (C=O) groups excluding carboxylic acids is 2. The van der Waals surface area contributed by atoms with Gasteiger partial charge in [-0.05, 0) is 42.7 Å². The van der Waals surface area contributed by atoms with E-state index in [2.05, 4.69) is 0 Å². The Bertz CT molecular complexity index is 1050. The maximum Gasteiger partial charge on any atom is 0.253 e. The van der Waals surface area contributed by atoms with Gasteiger partial charge in [-0.25, -0.2) is 13.2 Å². The first kappa shape index (κ1) is 22.6. The van der Waals surface area contributed by atoms with Crippen LogP contribution in [0.2, 0.25) is 5.02 Å². The second-order valence-corrected chi connectivity index (χ2v) is 8.89. The molecule has 2 fully saturated rings. The molecule has 2 aliphatic heterocycles. The average molecular weight is 466 g/mol. The van der Waals surface area contributed by atoms with Gasteiger partial charge in [0.25, 0.3) is 5.91 Å². The molecular formula is C23H23ClF3N3O2. The fourth-order valence-electron chi connectivity index (χ4n) is 4.66. The van der Waals surface area contributed by atoms with E-state index in [0.717, 1.165) is 12.5 Å². The third-order valence-electron chi connectivity index (χ3n) is 6.23. The third kappa shape index (κ3) is 4.61. The number of hydrogen-bond acceptors (Lipinski definition) is 3. The van der Waals surface area contributed by atoms with Crippen molar-refractivity contribution in [3.05, 3.63) is 70.0 Å². The molecule has 2 heterocycles. The van der Waals surface area contributed by atoms with Gasteiger partial charge in [-0.1, -0.05) is 17.7 Å². The van der Waals surface area contributed by atoms with Crippen molar-refractivity contribution in [3.63, 3.8) is 0 Å². The van der Waals surface area contributed by atoms with Crippen LogP contribution in [0.3, 0.4) is 0 Å². The van der Waals surface area contributed by atoms with Gasteiger partial charge < -0.3 is 15.5 Å². The molecule has 4 rings (SSSR count). The molecule has 0 saturated carbocycles. The van der Waals surface area contributed by atoms with Crippen LogP contribution in [0.1, 0.15) is 28.8 Å². The van der Waals surface area contributed by atoms with Crippen molar-refractivity contribution in [3.8, 4) is 0 Å². The Hall–Kier alpha value is -2.58. The zero-order chi connectivity index (χ0) is 23.0. The highest BCUT2D eigenvalue weighted by atomic mass is 35.5. The second kappa shape index (κ2) is 9.11. The summed E-state index contributed by atoms with van der Waals surface area (Å²) in [7, 11) is 0. The molecule has 9 heteroatoms. The Morgan fingerprint density at radius 3 is 2.59 bits per heavy atom. The fraction of sp³-hybridized carbons (Fsp3) is 0.391. The number of halogens is 4. The summed E-state index contributed by atoms with van der Waals surface area (Å²) in [6.07, 6.45) is 0.642. The lowest BCUT2D eigenvalue weighted by atomic mass is 10.0. The van der Waals surface area contributed by atoms with Crippen molar-refractivity contribution in [2.45, 2.75) is 31.3 Å². The van der Waals surface area contributed by atoms with E-state index in [1.165, 1.54) is 0 Å². The molecule has 170 valence electrons. The molecule has 32 heavy (non-hydrogen) atoms. The van der Waals surface area contributed by atoms with Gasteiger partial charge in [-0.3, -0.25) is 9.59 Å². The molecule has 5 nitrogen and oxygen atoms in total. The molecule has 2 aromatic carbocycles. The van der Waals surface area contributed by atoms with E-state index in [1.807, 2.05) is 0 Å². The lowest BCUT2D eigenvalue weighted by Gasteiger charge is -2.26. The Balaban J connectivity index is 1.37. The zero-order valence-electron chi connectivity index (χ0n) is 17.2. The van der Waals surface area contributed by atoms with Crippen molar-refractivity contribution in [2.24, 2.45) is 11.7 Å². The van der Waals surface area contributed by atoms with Gasteiger partial charge in [0, 0.05) is 54.7 Å². The third-order valence-corrected chi connectivity index (χ3v) is 6.47. The summed E-state index contributed by atoms with van der Waals surface area (Å²) in [5.41, 5.74) is 6.47. The molecule has 0 bridgehead atoms. The number of likely N-dealkylation sites (tertiary alicyclic amines) is 2. The van der Waals surface area contributed by atoms with E-state index in [1.54, 1.807) is 34.1 Å². The minimum atomic E-state index is -1.27. The minimum Gasteiger partial charge on any atom is -0.338 e. The molecule has 0 spiro atoms. The van der Waals surface area contributed by atoms with Crippen molar-refractivity contribution >= 4 is 23.4 Å². The maximum atomic E-state index is 13.9. The molecule has 2 aromatic rings. The molecule has 2 saturated heterocycles. The predicted molar refractivity (Wildman–Crippen MR) is 114 cm³/mol. The van der Waals surface area contributed by atoms with E-state index in [-0.39, 0.29) is 42.2 Å². The number of nitrogens with zero attached hydrogens (tertiary/aromatic N) is 2. The SMILES string of the molecule is NC(CC(=O)N1CC[C@H]2CN(C(=O)c3cccc(Cl)c3)C[C@H]21)Cc1cc(F)c(F)cc1F. The lowest BCUT2D eigenvalue weighted by Crippen LogP contribution is -2.43. The van der Waals surface area contributed by atoms with Crippen LogP contribution in [0, 0.1) is 23.4 Å². The summed E-state index contributed by atoms with van der Waals surface area (Å²) in [5.74, 6) is -3.44. The summed E-state index contributed by atoms with van der Waals surface area (Å²) in [5, 5.41) is 0.485. The van der Waals surface area contributed by atoms with E-state index in [4.69, 9.17) is 17.3 Å². The van der Waals surface area contributed by atoms with Crippen LogP contribution in [0.5, 0.6) is 0 Å². The Labute approximate surface area is 188 Å². The van der Waals surface area contributed by atoms with Crippen molar-refractivity contribution in [2.75, 3.05) is 19.6 Å². The van der Waals surface area contributed by atoms with Gasteiger partial charge in [-0.15, -0.1) is 0 Å². The summed E-state index contributed by atoms with van der Waals surface area (Å²) in [6, 6.07) is 7.17. The van der Waals surface area contributed by atoms with E-state index in [9.17, 15) is 22.8 Å². The second-order valence-electron chi connectivity index (χ2n) is 8.45. The minimum absolute atomic E-state index is 0.0517. The van der Waals surface area contributed by atoms with Gasteiger partial charge >= 0.3 is 0 Å². The molecule has 3 atom stereocenters. The molecule has 0 aromatic heterocycles. The van der Waals surface area contributed by atoms with Crippen molar-refractivity contribution in [1.29, 1.82) is 0 Å². The molecular weight excluding hydrogens is 443 g/mol. The summed E-state index contributed by atoms with van der Waals surface area (Å²) < 4.78 is 40.4. The largest absolute Gasteiger partial charge is 0.338 e. The van der Waals surface area contributed by atoms with Crippen molar-refractivity contribution in [1.82, 2.24) is 9.80 Å². The quantitative estimate of drug-likeness (QED) is 0.688. The first-order valence-electron chi connectivity index (χ1n) is 10.5. The van der Waals surface area contributed by atoms with Gasteiger partial charge in [0.1, 0.15) is 5.82 Å². The van der Waals surface area contributed by atoms with Crippen molar-refractivity contribution < 1.29 is 22.8 Å². The average Bonchev–Trinajstić information content (AvgIpc) is 3.32. The van der Waals surface area contributed by atoms with Crippen LogP contribution in [0.15, 0.2) is 36.4 Å². The van der Waals surface area contributed by atoms with Crippen LogP contribution < -0.4 is 5.73 Å². The number of nitrogens with two attached hydrogens (primary N) is 1. The van der Waals surface area contributed by atoms with Gasteiger partial charge in [0.05, 0.1) is 6.04 Å².